The number of hydrogen-bond acceptors (Lipinski definition) is 2. The minimum absolute atomic E-state index is 0.0384. The van der Waals surface area contributed by atoms with E-state index in [4.69, 9.17) is 23.2 Å². The van der Waals surface area contributed by atoms with Crippen LogP contribution < -0.4 is 4.90 Å². The van der Waals surface area contributed by atoms with E-state index in [1.165, 1.54) is 45.2 Å². The van der Waals surface area contributed by atoms with E-state index in [1.54, 1.807) is 0 Å². The molecule has 0 bridgehead atoms. The van der Waals surface area contributed by atoms with Gasteiger partial charge >= 0.3 is 0 Å². The van der Waals surface area contributed by atoms with Gasteiger partial charge in [0.25, 0.3) is 0 Å². The number of fused-ring (bicyclic) bond motifs is 2. The van der Waals surface area contributed by atoms with Crippen molar-refractivity contribution < 1.29 is 4.58 Å². The molecule has 5 heteroatoms. The van der Waals surface area contributed by atoms with Crippen LogP contribution in [0.15, 0.2) is 149 Å². The van der Waals surface area contributed by atoms with Crippen molar-refractivity contribution in [3.8, 4) is 0 Å². The lowest BCUT2D eigenvalue weighted by Gasteiger charge is -2.29. The lowest BCUT2D eigenvalue weighted by atomic mass is 9.75. The van der Waals surface area contributed by atoms with Gasteiger partial charge in [0.2, 0.25) is 5.69 Å². The topological polar surface area (TPSA) is 9.49 Å². The molecule has 50 heavy (non-hydrogen) atoms. The lowest BCUT2D eigenvalue weighted by molar-refractivity contribution is -0.433. The summed E-state index contributed by atoms with van der Waals surface area (Å²) in [6, 6.07) is 27.9. The molecule has 1 saturated heterocycles. The monoisotopic (exact) mass is 700 g/mol. The highest BCUT2D eigenvalue weighted by Crippen LogP contribution is 2.54. The molecule has 3 aromatic rings. The Morgan fingerprint density at radius 3 is 2.16 bits per heavy atom. The Hall–Kier alpha value is -4.05. The minimum atomic E-state index is -0.172. The maximum absolute atomic E-state index is 6.60. The third-order valence-electron chi connectivity index (χ3n) is 11.2. The molecule has 0 radical (unpaired) electrons. The van der Waals surface area contributed by atoms with Gasteiger partial charge < -0.3 is 9.80 Å². The van der Waals surface area contributed by atoms with Crippen molar-refractivity contribution in [3.63, 3.8) is 0 Å². The van der Waals surface area contributed by atoms with E-state index in [2.05, 4.69) is 165 Å². The number of para-hydroxylation sites is 2. The number of likely N-dealkylation sites (tertiary alicyclic amines) is 1. The molecule has 0 saturated carbocycles. The van der Waals surface area contributed by atoms with Crippen LogP contribution in [0.25, 0.3) is 0 Å². The van der Waals surface area contributed by atoms with Gasteiger partial charge in [-0.1, -0.05) is 85.6 Å². The molecule has 1 fully saturated rings. The van der Waals surface area contributed by atoms with Crippen LogP contribution in [0.4, 0.5) is 17.1 Å². The lowest BCUT2D eigenvalue weighted by Crippen LogP contribution is -2.27. The molecule has 3 nitrogen and oxygen atoms in total. The quantitative estimate of drug-likeness (QED) is 0.216. The van der Waals surface area contributed by atoms with Crippen LogP contribution in [0, 0.1) is 11.3 Å². The summed E-state index contributed by atoms with van der Waals surface area (Å²) >= 11 is 13.1. The van der Waals surface area contributed by atoms with Gasteiger partial charge in [-0.2, -0.15) is 4.58 Å². The molecule has 7 rings (SSSR count). The molecule has 4 aliphatic rings. The summed E-state index contributed by atoms with van der Waals surface area (Å²) in [6.07, 6.45) is 16.7. The van der Waals surface area contributed by atoms with E-state index < -0.39 is 0 Å². The first-order valence-electron chi connectivity index (χ1n) is 18.1. The van der Waals surface area contributed by atoms with Crippen LogP contribution in [0.5, 0.6) is 0 Å². The molecule has 0 aromatic heterocycles. The largest absolute Gasteiger partial charge is 0.348 e. The summed E-state index contributed by atoms with van der Waals surface area (Å²) in [5.41, 5.74) is 12.6. The summed E-state index contributed by atoms with van der Waals surface area (Å²) in [4.78, 5) is 4.96. The average molecular weight is 702 g/mol. The van der Waals surface area contributed by atoms with Crippen molar-refractivity contribution in [1.29, 1.82) is 0 Å². The van der Waals surface area contributed by atoms with Gasteiger partial charge in [0.05, 0.1) is 11.1 Å². The standard InChI is InChI=1S/C45H48Cl2N3/c1-7-48-39-25-23-33(46)29-37(39)44(3,4)41(48)27-21-31-19-20-32(43(31)50(35-15-11-9-12-16-35)36-17-13-10-14-18-36)22-28-42-45(5,6)38-30-34(47)24-26-40(38)49(42)8-2/h9-18,21-29,38H,7-8,19-20,30H2,1-6H3/q+1. The van der Waals surface area contributed by atoms with Gasteiger partial charge in [0, 0.05) is 68.4 Å². The third-order valence-corrected chi connectivity index (χ3v) is 11.7. The van der Waals surface area contributed by atoms with E-state index in [-0.39, 0.29) is 10.8 Å². The van der Waals surface area contributed by atoms with Crippen LogP contribution in [0.3, 0.4) is 0 Å². The smallest absolute Gasteiger partial charge is 0.209 e. The summed E-state index contributed by atoms with van der Waals surface area (Å²) in [5, 5.41) is 1.73. The maximum atomic E-state index is 6.60. The zero-order chi connectivity index (χ0) is 35.2. The number of anilines is 2. The summed E-state index contributed by atoms with van der Waals surface area (Å²) in [6.45, 7) is 15.7. The first-order chi connectivity index (χ1) is 24.1. The highest BCUT2D eigenvalue weighted by atomic mass is 35.5. The first-order valence-corrected chi connectivity index (χ1v) is 18.8. The van der Waals surface area contributed by atoms with Crippen LogP contribution in [-0.4, -0.2) is 28.3 Å². The zero-order valence-electron chi connectivity index (χ0n) is 30.2. The van der Waals surface area contributed by atoms with Crippen LogP contribution in [0.2, 0.25) is 5.02 Å². The molecular weight excluding hydrogens is 653 g/mol. The SMILES string of the molecule is CCN1C2=CC=C(Cl)CC2C(C)(C)/C1=C\C=C1/CCC(/C=C/C2=[N+](CC)c3ccc(Cl)cc3C2(C)C)=C1N(c1ccccc1)c1ccccc1. The Balaban J connectivity index is 1.38. The fourth-order valence-corrected chi connectivity index (χ4v) is 9.01. The fourth-order valence-electron chi connectivity index (χ4n) is 8.62. The molecule has 2 aliphatic heterocycles. The van der Waals surface area contributed by atoms with Gasteiger partial charge in [-0.05, 0) is 113 Å². The average Bonchev–Trinajstić information content (AvgIpc) is 3.68. The maximum Gasteiger partial charge on any atom is 0.209 e. The van der Waals surface area contributed by atoms with Crippen molar-refractivity contribution in [1.82, 2.24) is 4.90 Å². The van der Waals surface area contributed by atoms with Gasteiger partial charge in [0.15, 0.2) is 5.71 Å². The summed E-state index contributed by atoms with van der Waals surface area (Å²) in [5.74, 6) is 0.374. The first kappa shape index (κ1) is 34.4. The van der Waals surface area contributed by atoms with Gasteiger partial charge in [-0.15, -0.1) is 0 Å². The van der Waals surface area contributed by atoms with E-state index in [9.17, 15) is 0 Å². The van der Waals surface area contributed by atoms with E-state index in [1.807, 2.05) is 6.07 Å². The highest BCUT2D eigenvalue weighted by molar-refractivity contribution is 6.31. The van der Waals surface area contributed by atoms with Crippen molar-refractivity contribution in [3.05, 3.63) is 159 Å². The second-order valence-corrected chi connectivity index (χ2v) is 15.7. The molecule has 3 aromatic carbocycles. The Morgan fingerprint density at radius 2 is 1.52 bits per heavy atom. The molecule has 1 atom stereocenters. The van der Waals surface area contributed by atoms with Crippen molar-refractivity contribution in [2.75, 3.05) is 18.0 Å². The fraction of sp³-hybridized carbons (Fsp3) is 0.311. The molecule has 256 valence electrons. The van der Waals surface area contributed by atoms with Gasteiger partial charge in [0.1, 0.15) is 6.54 Å². The zero-order valence-corrected chi connectivity index (χ0v) is 31.7. The number of nitrogens with zero attached hydrogens (tertiary/aromatic N) is 3. The predicted molar refractivity (Wildman–Crippen MR) is 213 cm³/mol. The van der Waals surface area contributed by atoms with Crippen LogP contribution >= 0.6 is 23.2 Å². The normalized spacial score (nSPS) is 22.5. The highest BCUT2D eigenvalue weighted by Gasteiger charge is 2.47. The van der Waals surface area contributed by atoms with Crippen LogP contribution in [0.1, 0.15) is 66.4 Å². The van der Waals surface area contributed by atoms with Crippen molar-refractivity contribution in [2.24, 2.45) is 11.3 Å². The number of halogens is 2. The second-order valence-electron chi connectivity index (χ2n) is 14.8. The van der Waals surface area contributed by atoms with Crippen LogP contribution in [-0.2, 0) is 5.41 Å². The number of rotatable bonds is 8. The minimum Gasteiger partial charge on any atom is -0.348 e. The molecule has 0 N–H and O–H groups in total. The predicted octanol–water partition coefficient (Wildman–Crippen LogP) is 12.4. The second kappa shape index (κ2) is 13.6. The summed E-state index contributed by atoms with van der Waals surface area (Å²) in [7, 11) is 0. The van der Waals surface area contributed by atoms with E-state index in [0.717, 1.165) is 53.8 Å². The van der Waals surface area contributed by atoms with Gasteiger partial charge in [-0.25, -0.2) is 0 Å². The Kier molecular flexibility index (Phi) is 9.35. The van der Waals surface area contributed by atoms with Crippen molar-refractivity contribution >= 4 is 46.0 Å². The Morgan fingerprint density at radius 1 is 0.840 bits per heavy atom. The number of allylic oxidation sites excluding steroid dienone is 11. The van der Waals surface area contributed by atoms with E-state index >= 15 is 0 Å². The number of benzene rings is 3. The van der Waals surface area contributed by atoms with E-state index in [0.29, 0.717) is 5.92 Å². The van der Waals surface area contributed by atoms with Gasteiger partial charge in [-0.3, -0.25) is 0 Å². The molecule has 0 spiro atoms. The molecule has 2 heterocycles. The molecule has 0 amide bonds. The molecular formula is C45H48Cl2N3+. The van der Waals surface area contributed by atoms with Crippen molar-refractivity contribution in [2.45, 2.75) is 66.2 Å². The Bertz CT molecular complexity index is 1980. The third kappa shape index (κ3) is 5.93. The molecule has 2 aliphatic carbocycles. The molecule has 1 unspecified atom stereocenters. The number of hydrogen-bond donors (Lipinski definition) is 0. The Labute approximate surface area is 308 Å². The summed E-state index contributed by atoms with van der Waals surface area (Å²) < 4.78 is 2.45.